The Morgan fingerprint density at radius 2 is 1.95 bits per heavy atom. The first-order valence-corrected chi connectivity index (χ1v) is 7.25. The lowest BCUT2D eigenvalue weighted by atomic mass is 10.2. The van der Waals surface area contributed by atoms with E-state index >= 15 is 0 Å². The Hall–Kier alpha value is -1.21. The van der Waals surface area contributed by atoms with Crippen molar-refractivity contribution in [2.24, 2.45) is 0 Å². The highest BCUT2D eigenvalue weighted by molar-refractivity contribution is 6.18. The molecule has 0 fully saturated rings. The molecule has 0 aliphatic rings. The molecule has 1 aromatic rings. The van der Waals surface area contributed by atoms with Crippen molar-refractivity contribution in [2.75, 3.05) is 39.4 Å². The van der Waals surface area contributed by atoms with Gasteiger partial charge >= 0.3 is 0 Å². The first kappa shape index (κ1) is 16.8. The summed E-state index contributed by atoms with van der Waals surface area (Å²) in [7, 11) is 1.69. The smallest absolute Gasteiger partial charge is 0.135 e. The lowest BCUT2D eigenvalue weighted by molar-refractivity contribution is 0.0806. The van der Waals surface area contributed by atoms with Crippen LogP contribution in [0, 0.1) is 11.8 Å². The van der Waals surface area contributed by atoms with Crippen molar-refractivity contribution in [1.82, 2.24) is 0 Å². The van der Waals surface area contributed by atoms with E-state index in [-0.39, 0.29) is 0 Å². The van der Waals surface area contributed by atoms with Crippen LogP contribution in [-0.2, 0) is 9.47 Å². The van der Waals surface area contributed by atoms with Gasteiger partial charge in [-0.1, -0.05) is 24.0 Å². The maximum absolute atomic E-state index is 5.68. The molecule has 0 heterocycles. The molecule has 0 atom stereocenters. The second kappa shape index (κ2) is 11.6. The summed E-state index contributed by atoms with van der Waals surface area (Å²) in [6.45, 7) is 2.49. The maximum atomic E-state index is 5.68. The van der Waals surface area contributed by atoms with Crippen LogP contribution in [0.1, 0.15) is 18.4 Å². The fourth-order valence-corrected chi connectivity index (χ4v) is 1.61. The van der Waals surface area contributed by atoms with Gasteiger partial charge in [0.15, 0.2) is 0 Å². The SMILES string of the molecule is COCCCOCCOc1ccccc1C#CCCCl. The van der Waals surface area contributed by atoms with Gasteiger partial charge < -0.3 is 14.2 Å². The van der Waals surface area contributed by atoms with E-state index in [9.17, 15) is 0 Å². The highest BCUT2D eigenvalue weighted by Crippen LogP contribution is 2.16. The lowest BCUT2D eigenvalue weighted by Crippen LogP contribution is -2.09. The molecule has 0 saturated carbocycles. The molecule has 4 heteroatoms. The predicted molar refractivity (Wildman–Crippen MR) is 81.5 cm³/mol. The summed E-state index contributed by atoms with van der Waals surface area (Å²) in [5.74, 6) is 7.41. The van der Waals surface area contributed by atoms with Crippen LogP contribution >= 0.6 is 11.6 Å². The molecule has 0 spiro atoms. The molecule has 0 amide bonds. The van der Waals surface area contributed by atoms with E-state index in [2.05, 4.69) is 11.8 Å². The highest BCUT2D eigenvalue weighted by Gasteiger charge is 1.99. The van der Waals surface area contributed by atoms with Crippen LogP contribution in [-0.4, -0.2) is 39.4 Å². The zero-order chi connectivity index (χ0) is 14.5. The van der Waals surface area contributed by atoms with E-state index in [4.69, 9.17) is 25.8 Å². The number of benzene rings is 1. The van der Waals surface area contributed by atoms with Crippen molar-refractivity contribution in [1.29, 1.82) is 0 Å². The Labute approximate surface area is 126 Å². The molecule has 1 aromatic carbocycles. The van der Waals surface area contributed by atoms with Gasteiger partial charge in [-0.3, -0.25) is 0 Å². The van der Waals surface area contributed by atoms with E-state index < -0.39 is 0 Å². The van der Waals surface area contributed by atoms with E-state index in [1.807, 2.05) is 24.3 Å². The number of halogens is 1. The third kappa shape index (κ3) is 7.40. The molecular formula is C16H21ClO3. The van der Waals surface area contributed by atoms with Gasteiger partial charge in [0, 0.05) is 32.6 Å². The van der Waals surface area contributed by atoms with Gasteiger partial charge in [-0.2, -0.15) is 0 Å². The summed E-state index contributed by atoms with van der Waals surface area (Å²) in [6, 6.07) is 7.73. The van der Waals surface area contributed by atoms with Crippen LogP contribution in [0.3, 0.4) is 0 Å². The second-order valence-electron chi connectivity index (χ2n) is 4.04. The number of ether oxygens (including phenoxy) is 3. The topological polar surface area (TPSA) is 27.7 Å². The first-order valence-electron chi connectivity index (χ1n) is 6.72. The summed E-state index contributed by atoms with van der Waals surface area (Å²) in [5, 5.41) is 0. The van der Waals surface area contributed by atoms with Crippen LogP contribution in [0.25, 0.3) is 0 Å². The van der Waals surface area contributed by atoms with E-state index in [0.717, 1.165) is 24.3 Å². The Morgan fingerprint density at radius 3 is 2.75 bits per heavy atom. The molecule has 110 valence electrons. The molecule has 0 bridgehead atoms. The fourth-order valence-electron chi connectivity index (χ4n) is 1.52. The molecule has 0 unspecified atom stereocenters. The summed E-state index contributed by atoms with van der Waals surface area (Å²) in [6.07, 6.45) is 1.58. The van der Waals surface area contributed by atoms with Crippen LogP contribution in [0.4, 0.5) is 0 Å². The third-order valence-electron chi connectivity index (χ3n) is 2.45. The van der Waals surface area contributed by atoms with Gasteiger partial charge in [-0.15, -0.1) is 11.6 Å². The normalized spacial score (nSPS) is 9.90. The maximum Gasteiger partial charge on any atom is 0.135 e. The summed E-state index contributed by atoms with van der Waals surface area (Å²) >= 11 is 5.60. The van der Waals surface area contributed by atoms with Crippen molar-refractivity contribution < 1.29 is 14.2 Å². The minimum absolute atomic E-state index is 0.515. The molecule has 0 aliphatic carbocycles. The van der Waals surface area contributed by atoms with Crippen LogP contribution in [0.2, 0.25) is 0 Å². The Balaban J connectivity index is 2.31. The first-order chi connectivity index (χ1) is 9.88. The molecule has 0 aromatic heterocycles. The van der Waals surface area contributed by atoms with Crippen molar-refractivity contribution in [2.45, 2.75) is 12.8 Å². The van der Waals surface area contributed by atoms with Gasteiger partial charge in [0.25, 0.3) is 0 Å². The molecule has 0 N–H and O–H groups in total. The van der Waals surface area contributed by atoms with Gasteiger partial charge in [0.1, 0.15) is 12.4 Å². The number of rotatable bonds is 9. The van der Waals surface area contributed by atoms with Crippen LogP contribution in [0.15, 0.2) is 24.3 Å². The number of hydrogen-bond donors (Lipinski definition) is 0. The third-order valence-corrected chi connectivity index (χ3v) is 2.64. The molecule has 0 aliphatic heterocycles. The summed E-state index contributed by atoms with van der Waals surface area (Å²) in [4.78, 5) is 0. The molecule has 0 radical (unpaired) electrons. The summed E-state index contributed by atoms with van der Waals surface area (Å²) < 4.78 is 16.1. The van der Waals surface area contributed by atoms with E-state index in [1.165, 1.54) is 0 Å². The highest BCUT2D eigenvalue weighted by atomic mass is 35.5. The minimum atomic E-state index is 0.515. The van der Waals surface area contributed by atoms with Gasteiger partial charge in [0.2, 0.25) is 0 Å². The Morgan fingerprint density at radius 1 is 1.10 bits per heavy atom. The zero-order valence-corrected chi connectivity index (χ0v) is 12.6. The zero-order valence-electron chi connectivity index (χ0n) is 11.9. The van der Waals surface area contributed by atoms with Crippen molar-refractivity contribution in [3.63, 3.8) is 0 Å². The van der Waals surface area contributed by atoms with Crippen LogP contribution in [0.5, 0.6) is 5.75 Å². The largest absolute Gasteiger partial charge is 0.490 e. The van der Waals surface area contributed by atoms with E-state index in [1.54, 1.807) is 7.11 Å². The van der Waals surface area contributed by atoms with Crippen molar-refractivity contribution in [3.05, 3.63) is 29.8 Å². The Kier molecular flexibility index (Phi) is 9.77. The average molecular weight is 297 g/mol. The molecule has 0 saturated heterocycles. The predicted octanol–water partition coefficient (Wildman–Crippen LogP) is 3.10. The monoisotopic (exact) mass is 296 g/mol. The number of para-hydroxylation sites is 1. The standard InChI is InChI=1S/C16H21ClO3/c1-18-11-6-12-19-13-14-20-16-9-3-2-7-15(16)8-4-5-10-17/h2-3,7,9H,5-6,10-14H2,1H3. The number of methoxy groups -OCH3 is 1. The minimum Gasteiger partial charge on any atom is -0.490 e. The van der Waals surface area contributed by atoms with Gasteiger partial charge in [-0.05, 0) is 18.6 Å². The van der Waals surface area contributed by atoms with Gasteiger partial charge in [-0.25, -0.2) is 0 Å². The van der Waals surface area contributed by atoms with E-state index in [0.29, 0.717) is 32.1 Å². The summed E-state index contributed by atoms with van der Waals surface area (Å²) in [5.41, 5.74) is 0.886. The average Bonchev–Trinajstić information content (AvgIpc) is 2.48. The van der Waals surface area contributed by atoms with Crippen LogP contribution < -0.4 is 4.74 Å². The van der Waals surface area contributed by atoms with Crippen molar-refractivity contribution >= 4 is 11.6 Å². The second-order valence-corrected chi connectivity index (χ2v) is 4.42. The van der Waals surface area contributed by atoms with Gasteiger partial charge in [0.05, 0.1) is 12.2 Å². The lowest BCUT2D eigenvalue weighted by Gasteiger charge is -2.08. The number of alkyl halides is 1. The number of hydrogen-bond acceptors (Lipinski definition) is 3. The quantitative estimate of drug-likeness (QED) is 0.398. The molecule has 1 rings (SSSR count). The Bertz CT molecular complexity index is 423. The molecular weight excluding hydrogens is 276 g/mol. The molecule has 3 nitrogen and oxygen atoms in total. The van der Waals surface area contributed by atoms with Crippen molar-refractivity contribution in [3.8, 4) is 17.6 Å². The molecule has 20 heavy (non-hydrogen) atoms. The fraction of sp³-hybridized carbons (Fsp3) is 0.500.